The van der Waals surface area contributed by atoms with Gasteiger partial charge in [-0.05, 0) is 68.7 Å². The molecule has 0 fully saturated rings. The van der Waals surface area contributed by atoms with E-state index in [-0.39, 0.29) is 6.42 Å². The molecule has 0 heterocycles. The van der Waals surface area contributed by atoms with Gasteiger partial charge in [-0.25, -0.2) is 4.79 Å². The molecule has 8 nitrogen and oxygen atoms in total. The summed E-state index contributed by atoms with van der Waals surface area (Å²) in [5.74, 6) is -1.67. The van der Waals surface area contributed by atoms with E-state index >= 15 is 0 Å². The molecule has 2 aromatic rings. The zero-order chi connectivity index (χ0) is 25.5. The van der Waals surface area contributed by atoms with Gasteiger partial charge in [-0.2, -0.15) is 5.48 Å². The van der Waals surface area contributed by atoms with Crippen molar-refractivity contribution < 1.29 is 19.2 Å². The van der Waals surface area contributed by atoms with Crippen LogP contribution in [0.15, 0.2) is 54.6 Å². The minimum absolute atomic E-state index is 0.0777. The molecule has 35 heavy (non-hydrogen) atoms. The molecule has 2 amide bonds. The van der Waals surface area contributed by atoms with Gasteiger partial charge in [0.25, 0.3) is 5.91 Å². The van der Waals surface area contributed by atoms with E-state index in [1.807, 2.05) is 30.3 Å². The molecule has 0 unspecified atom stereocenters. The number of aryl methyl sites for hydroxylation is 2. The van der Waals surface area contributed by atoms with Crippen LogP contribution < -0.4 is 22.3 Å². The van der Waals surface area contributed by atoms with Crippen LogP contribution in [-0.4, -0.2) is 36.4 Å². The number of unbranched alkanes of at least 4 members (excludes halogenated alkanes) is 2. The number of carbonyl (C=O) groups excluding carboxylic acids is 3. The predicted molar refractivity (Wildman–Crippen MR) is 136 cm³/mol. The van der Waals surface area contributed by atoms with Crippen molar-refractivity contribution in [2.45, 2.75) is 70.4 Å². The van der Waals surface area contributed by atoms with Crippen LogP contribution in [0.5, 0.6) is 0 Å². The summed E-state index contributed by atoms with van der Waals surface area (Å²) in [6.45, 7) is 2.01. The van der Waals surface area contributed by atoms with Crippen LogP contribution >= 0.6 is 0 Å². The Labute approximate surface area is 207 Å². The maximum absolute atomic E-state index is 12.1. The second-order valence-electron chi connectivity index (χ2n) is 8.75. The third kappa shape index (κ3) is 11.2. The van der Waals surface area contributed by atoms with Crippen molar-refractivity contribution in [2.75, 3.05) is 6.54 Å². The van der Waals surface area contributed by atoms with Crippen molar-refractivity contribution in [3.05, 3.63) is 71.3 Å². The van der Waals surface area contributed by atoms with Crippen LogP contribution in [0.2, 0.25) is 0 Å². The van der Waals surface area contributed by atoms with Gasteiger partial charge < -0.3 is 21.6 Å². The van der Waals surface area contributed by atoms with Crippen LogP contribution in [-0.2, 0) is 38.5 Å². The van der Waals surface area contributed by atoms with E-state index in [9.17, 15) is 14.4 Å². The van der Waals surface area contributed by atoms with Crippen LogP contribution in [0.1, 0.15) is 55.7 Å². The highest BCUT2D eigenvalue weighted by molar-refractivity contribution is 5.87. The normalized spacial score (nSPS) is 12.4. The number of hydrogen-bond donors (Lipinski definition) is 4. The van der Waals surface area contributed by atoms with E-state index < -0.39 is 29.9 Å². The van der Waals surface area contributed by atoms with Gasteiger partial charge in [0.2, 0.25) is 5.91 Å². The molecule has 190 valence electrons. The van der Waals surface area contributed by atoms with E-state index in [2.05, 4.69) is 35.1 Å². The molecule has 0 bridgehead atoms. The van der Waals surface area contributed by atoms with Gasteiger partial charge in [-0.3, -0.25) is 9.59 Å². The summed E-state index contributed by atoms with van der Waals surface area (Å²) in [6.07, 6.45) is 6.34. The molecule has 0 spiro atoms. The summed E-state index contributed by atoms with van der Waals surface area (Å²) in [7, 11) is 0. The number of hydroxylamine groups is 1. The van der Waals surface area contributed by atoms with Crippen LogP contribution in [0, 0.1) is 0 Å². The van der Waals surface area contributed by atoms with E-state index in [1.165, 1.54) is 18.1 Å². The molecule has 0 saturated heterocycles. The van der Waals surface area contributed by atoms with E-state index in [0.717, 1.165) is 44.1 Å². The lowest BCUT2D eigenvalue weighted by molar-refractivity contribution is -0.160. The van der Waals surface area contributed by atoms with Crippen molar-refractivity contribution in [1.29, 1.82) is 0 Å². The van der Waals surface area contributed by atoms with Gasteiger partial charge in [0.15, 0.2) is 0 Å². The standard InChI is InChI=1S/C27H38N4O4/c1-20(30-26(33)24(29)13-7-8-18-28)27(34)35-31-25(32)19-23-16-14-22(15-17-23)12-6-5-11-21-9-3-2-4-10-21/h2-4,9-10,14-17,20,24H,5-8,11-13,18-19,28-29H2,1H3,(H,30,33)(H,31,32)/t20-,24-/m0/s1. The second kappa shape index (κ2) is 15.6. The first-order valence-electron chi connectivity index (χ1n) is 12.3. The zero-order valence-electron chi connectivity index (χ0n) is 20.5. The molecule has 0 aliphatic carbocycles. The average molecular weight is 483 g/mol. The predicted octanol–water partition coefficient (Wildman–Crippen LogP) is 2.33. The summed E-state index contributed by atoms with van der Waals surface area (Å²) in [6, 6.07) is 16.6. The fourth-order valence-electron chi connectivity index (χ4n) is 3.56. The van der Waals surface area contributed by atoms with Crippen molar-refractivity contribution in [3.8, 4) is 0 Å². The Morgan fingerprint density at radius 3 is 2.09 bits per heavy atom. The summed E-state index contributed by atoms with van der Waals surface area (Å²) < 4.78 is 0. The number of hydrogen-bond acceptors (Lipinski definition) is 6. The SMILES string of the molecule is C[C@H](NC(=O)[C@@H](N)CCCCN)C(=O)ONC(=O)Cc1ccc(CCCCc2ccccc2)cc1. The van der Waals surface area contributed by atoms with Crippen LogP contribution in [0.4, 0.5) is 0 Å². The lowest BCUT2D eigenvalue weighted by Gasteiger charge is -2.16. The van der Waals surface area contributed by atoms with Gasteiger partial charge in [0.05, 0.1) is 12.5 Å². The van der Waals surface area contributed by atoms with Gasteiger partial charge in [0, 0.05) is 0 Å². The molecule has 0 aromatic heterocycles. The largest absolute Gasteiger partial charge is 0.353 e. The maximum atomic E-state index is 12.1. The van der Waals surface area contributed by atoms with E-state index in [0.29, 0.717) is 13.0 Å². The fraction of sp³-hybridized carbons (Fsp3) is 0.444. The third-order valence-corrected chi connectivity index (χ3v) is 5.70. The lowest BCUT2D eigenvalue weighted by atomic mass is 10.0. The topological polar surface area (TPSA) is 137 Å². The van der Waals surface area contributed by atoms with Crippen molar-refractivity contribution >= 4 is 17.8 Å². The Hall–Kier alpha value is -3.23. The lowest BCUT2D eigenvalue weighted by Crippen LogP contribution is -2.48. The van der Waals surface area contributed by atoms with E-state index in [1.54, 1.807) is 0 Å². The monoisotopic (exact) mass is 482 g/mol. The number of amides is 2. The molecule has 6 N–H and O–H groups in total. The van der Waals surface area contributed by atoms with Gasteiger partial charge >= 0.3 is 5.97 Å². The Morgan fingerprint density at radius 1 is 0.857 bits per heavy atom. The minimum Gasteiger partial charge on any atom is -0.342 e. The molecule has 2 atom stereocenters. The number of nitrogens with two attached hydrogens (primary N) is 2. The van der Waals surface area contributed by atoms with Crippen molar-refractivity contribution in [1.82, 2.24) is 10.8 Å². The number of nitrogens with one attached hydrogen (secondary N) is 2. The molecule has 2 aromatic carbocycles. The van der Waals surface area contributed by atoms with E-state index in [4.69, 9.17) is 16.3 Å². The first-order chi connectivity index (χ1) is 16.9. The number of rotatable bonds is 14. The molecule has 0 aliphatic rings. The highest BCUT2D eigenvalue weighted by Gasteiger charge is 2.21. The fourth-order valence-corrected chi connectivity index (χ4v) is 3.56. The first kappa shape index (κ1) is 28.0. The summed E-state index contributed by atoms with van der Waals surface area (Å²) in [5, 5.41) is 2.50. The van der Waals surface area contributed by atoms with Crippen LogP contribution in [0.3, 0.4) is 0 Å². The van der Waals surface area contributed by atoms with Crippen LogP contribution in [0.25, 0.3) is 0 Å². The maximum Gasteiger partial charge on any atom is 0.353 e. The third-order valence-electron chi connectivity index (χ3n) is 5.70. The number of benzene rings is 2. The molecule has 2 rings (SSSR count). The Morgan fingerprint density at radius 2 is 1.46 bits per heavy atom. The quantitative estimate of drug-likeness (QED) is 0.241. The molecular formula is C27H38N4O4. The van der Waals surface area contributed by atoms with Gasteiger partial charge in [-0.1, -0.05) is 61.0 Å². The summed E-state index contributed by atoms with van der Waals surface area (Å²) in [4.78, 5) is 41.1. The highest BCUT2D eigenvalue weighted by atomic mass is 16.7. The molecule has 8 heteroatoms. The average Bonchev–Trinajstić information content (AvgIpc) is 2.86. The minimum atomic E-state index is -0.940. The van der Waals surface area contributed by atoms with Crippen molar-refractivity contribution in [2.24, 2.45) is 11.5 Å². The molecular weight excluding hydrogens is 444 g/mol. The summed E-state index contributed by atoms with van der Waals surface area (Å²) >= 11 is 0. The number of carbonyl (C=O) groups is 3. The zero-order valence-corrected chi connectivity index (χ0v) is 20.5. The first-order valence-corrected chi connectivity index (χ1v) is 12.3. The van der Waals surface area contributed by atoms with Gasteiger partial charge in [-0.15, -0.1) is 0 Å². The highest BCUT2D eigenvalue weighted by Crippen LogP contribution is 2.11. The second-order valence-corrected chi connectivity index (χ2v) is 8.75. The Bertz CT molecular complexity index is 919. The molecule has 0 aliphatic heterocycles. The Kier molecular flexibility index (Phi) is 12.5. The molecule has 0 radical (unpaired) electrons. The Balaban J connectivity index is 1.65. The summed E-state index contributed by atoms with van der Waals surface area (Å²) in [5.41, 5.74) is 16.8. The van der Waals surface area contributed by atoms with Gasteiger partial charge in [0.1, 0.15) is 6.04 Å². The smallest absolute Gasteiger partial charge is 0.342 e. The van der Waals surface area contributed by atoms with Crippen molar-refractivity contribution in [3.63, 3.8) is 0 Å². The molecule has 0 saturated carbocycles.